The first kappa shape index (κ1) is 14.6. The summed E-state index contributed by atoms with van der Waals surface area (Å²) in [5.41, 5.74) is 5.76. The smallest absolute Gasteiger partial charge is 0.252 e. The highest BCUT2D eigenvalue weighted by molar-refractivity contribution is 14.1. The molecule has 0 aliphatic rings. The number of benzene rings is 1. The van der Waals surface area contributed by atoms with Gasteiger partial charge in [-0.15, -0.1) is 0 Å². The molecule has 1 aromatic rings. The third-order valence-electron chi connectivity index (χ3n) is 2.39. The van der Waals surface area contributed by atoms with E-state index in [-0.39, 0.29) is 17.5 Å². The maximum atomic E-state index is 11.9. The van der Waals surface area contributed by atoms with Crippen LogP contribution < -0.4 is 11.1 Å². The summed E-state index contributed by atoms with van der Waals surface area (Å²) in [4.78, 5) is 11.9. The number of oxime groups is 1. The van der Waals surface area contributed by atoms with E-state index in [0.717, 1.165) is 0 Å². The van der Waals surface area contributed by atoms with Crippen LogP contribution in [0.25, 0.3) is 0 Å². The highest BCUT2D eigenvalue weighted by Gasteiger charge is 2.16. The first-order chi connectivity index (χ1) is 8.49. The summed E-state index contributed by atoms with van der Waals surface area (Å²) in [6.45, 7) is 1.80. The number of hydrogen-bond donors (Lipinski definition) is 4. The van der Waals surface area contributed by atoms with Gasteiger partial charge in [-0.1, -0.05) is 12.1 Å². The highest BCUT2D eigenvalue weighted by atomic mass is 127. The maximum absolute atomic E-state index is 11.9. The fourth-order valence-corrected chi connectivity index (χ4v) is 1.69. The molecule has 7 heteroatoms. The first-order valence-electron chi connectivity index (χ1n) is 5.26. The van der Waals surface area contributed by atoms with Gasteiger partial charge < -0.3 is 21.4 Å². The van der Waals surface area contributed by atoms with Crippen LogP contribution in [0.4, 0.5) is 0 Å². The molecule has 0 aliphatic heterocycles. The van der Waals surface area contributed by atoms with Gasteiger partial charge in [-0.2, -0.15) is 0 Å². The van der Waals surface area contributed by atoms with E-state index < -0.39 is 6.04 Å². The van der Waals surface area contributed by atoms with Gasteiger partial charge in [0.25, 0.3) is 5.91 Å². The number of nitrogens with one attached hydrogen (secondary N) is 1. The van der Waals surface area contributed by atoms with Crippen LogP contribution in [0.3, 0.4) is 0 Å². The molecule has 5 N–H and O–H groups in total. The lowest BCUT2D eigenvalue weighted by molar-refractivity contribution is 0.0945. The molecule has 0 heterocycles. The summed E-state index contributed by atoms with van der Waals surface area (Å²) in [7, 11) is 0. The summed E-state index contributed by atoms with van der Waals surface area (Å²) < 4.78 is 0.660. The molecule has 0 saturated heterocycles. The monoisotopic (exact) mass is 363 g/mol. The van der Waals surface area contributed by atoms with E-state index in [1.807, 2.05) is 22.6 Å². The number of rotatable bonds is 4. The molecule has 18 heavy (non-hydrogen) atoms. The SMILES string of the molecule is CCC(NC(=O)c1ccc(I)c(O)c1)/C(N)=N/O. The molecule has 0 aromatic heterocycles. The second-order valence-electron chi connectivity index (χ2n) is 3.63. The molecule has 1 aromatic carbocycles. The summed E-state index contributed by atoms with van der Waals surface area (Å²) in [6, 6.07) is 4.06. The lowest BCUT2D eigenvalue weighted by atomic mass is 10.1. The molecular formula is C11H14IN3O3. The summed E-state index contributed by atoms with van der Waals surface area (Å²) in [6.07, 6.45) is 0.498. The fraction of sp³-hybridized carbons (Fsp3) is 0.273. The van der Waals surface area contributed by atoms with E-state index >= 15 is 0 Å². The zero-order valence-electron chi connectivity index (χ0n) is 9.72. The van der Waals surface area contributed by atoms with Gasteiger partial charge in [-0.25, -0.2) is 0 Å². The van der Waals surface area contributed by atoms with E-state index in [1.54, 1.807) is 19.1 Å². The number of carbonyl (C=O) groups is 1. The normalized spacial score (nSPS) is 13.1. The number of phenols is 1. The Bertz CT molecular complexity index is 477. The topological polar surface area (TPSA) is 108 Å². The summed E-state index contributed by atoms with van der Waals surface area (Å²) in [5.74, 6) is -0.402. The van der Waals surface area contributed by atoms with E-state index in [0.29, 0.717) is 15.6 Å². The Morgan fingerprint density at radius 1 is 1.61 bits per heavy atom. The molecule has 0 saturated carbocycles. The minimum absolute atomic E-state index is 0.0418. The van der Waals surface area contributed by atoms with E-state index in [2.05, 4.69) is 10.5 Å². The predicted molar refractivity (Wildman–Crippen MR) is 75.8 cm³/mol. The molecule has 0 aliphatic carbocycles. The molecule has 0 spiro atoms. The zero-order valence-corrected chi connectivity index (χ0v) is 11.9. The van der Waals surface area contributed by atoms with E-state index in [1.165, 1.54) is 6.07 Å². The van der Waals surface area contributed by atoms with Crippen LogP contribution in [-0.2, 0) is 0 Å². The Morgan fingerprint density at radius 2 is 2.28 bits per heavy atom. The molecule has 0 radical (unpaired) electrons. The van der Waals surface area contributed by atoms with Gasteiger partial charge in [0.1, 0.15) is 5.75 Å². The number of aromatic hydroxyl groups is 1. The molecule has 0 fully saturated rings. The highest BCUT2D eigenvalue weighted by Crippen LogP contribution is 2.20. The Hall–Kier alpha value is -1.51. The number of carbonyl (C=O) groups excluding carboxylic acids is 1. The van der Waals surface area contributed by atoms with Gasteiger partial charge in [0.15, 0.2) is 5.84 Å². The van der Waals surface area contributed by atoms with Crippen LogP contribution in [0.5, 0.6) is 5.75 Å². The van der Waals surface area contributed by atoms with Crippen LogP contribution in [0.15, 0.2) is 23.4 Å². The van der Waals surface area contributed by atoms with Crippen molar-refractivity contribution in [2.75, 3.05) is 0 Å². The Labute approximate surface area is 118 Å². The van der Waals surface area contributed by atoms with Crippen molar-refractivity contribution in [2.45, 2.75) is 19.4 Å². The third-order valence-corrected chi connectivity index (χ3v) is 3.31. The lowest BCUT2D eigenvalue weighted by Crippen LogP contribution is -2.44. The molecule has 6 nitrogen and oxygen atoms in total. The fourth-order valence-electron chi connectivity index (χ4n) is 1.35. The van der Waals surface area contributed by atoms with Crippen LogP contribution >= 0.6 is 22.6 Å². The molecule has 1 amide bonds. The third kappa shape index (κ3) is 3.49. The summed E-state index contributed by atoms with van der Waals surface area (Å²) in [5, 5.41) is 23.6. The molecule has 0 bridgehead atoms. The Balaban J connectivity index is 2.84. The minimum Gasteiger partial charge on any atom is -0.507 e. The minimum atomic E-state index is -0.538. The number of hydrogen-bond acceptors (Lipinski definition) is 4. The van der Waals surface area contributed by atoms with Gasteiger partial charge in [0.05, 0.1) is 9.61 Å². The van der Waals surface area contributed by atoms with Crippen LogP contribution in [0.1, 0.15) is 23.7 Å². The largest absolute Gasteiger partial charge is 0.507 e. The Morgan fingerprint density at radius 3 is 2.78 bits per heavy atom. The average Bonchev–Trinajstić information content (AvgIpc) is 2.37. The van der Waals surface area contributed by atoms with E-state index in [9.17, 15) is 9.90 Å². The van der Waals surface area contributed by atoms with Crippen molar-refractivity contribution in [3.63, 3.8) is 0 Å². The first-order valence-corrected chi connectivity index (χ1v) is 6.34. The van der Waals surface area contributed by atoms with Crippen molar-refractivity contribution in [2.24, 2.45) is 10.9 Å². The quantitative estimate of drug-likeness (QED) is 0.212. The number of nitrogens with two attached hydrogens (primary N) is 1. The number of amides is 1. The molecule has 98 valence electrons. The number of phenolic OH excluding ortho intramolecular Hbond substituents is 1. The lowest BCUT2D eigenvalue weighted by Gasteiger charge is -2.15. The van der Waals surface area contributed by atoms with Crippen molar-refractivity contribution < 1.29 is 15.1 Å². The number of nitrogens with zero attached hydrogens (tertiary/aromatic N) is 1. The van der Waals surface area contributed by atoms with Crippen LogP contribution in [-0.4, -0.2) is 28.1 Å². The van der Waals surface area contributed by atoms with Gasteiger partial charge in [-0.3, -0.25) is 4.79 Å². The van der Waals surface area contributed by atoms with Gasteiger partial charge in [0, 0.05) is 5.56 Å². The van der Waals surface area contributed by atoms with Crippen molar-refractivity contribution in [3.8, 4) is 5.75 Å². The predicted octanol–water partition coefficient (Wildman–Crippen LogP) is 1.25. The zero-order chi connectivity index (χ0) is 13.7. The molecule has 1 unspecified atom stereocenters. The number of amidine groups is 1. The second-order valence-corrected chi connectivity index (χ2v) is 4.79. The summed E-state index contributed by atoms with van der Waals surface area (Å²) >= 11 is 1.96. The Kier molecular flexibility index (Phi) is 5.20. The molecule has 1 atom stereocenters. The van der Waals surface area contributed by atoms with Crippen molar-refractivity contribution >= 4 is 34.3 Å². The van der Waals surface area contributed by atoms with Crippen LogP contribution in [0, 0.1) is 3.57 Å². The maximum Gasteiger partial charge on any atom is 0.252 e. The standard InChI is InChI=1S/C11H14IN3O3/c1-2-8(10(13)15-18)14-11(17)6-3-4-7(12)9(16)5-6/h3-5,8,16,18H,2H2,1H3,(H2,13,15)(H,14,17). The molecular weight excluding hydrogens is 349 g/mol. The van der Waals surface area contributed by atoms with Crippen molar-refractivity contribution in [3.05, 3.63) is 27.3 Å². The van der Waals surface area contributed by atoms with E-state index in [4.69, 9.17) is 10.9 Å². The van der Waals surface area contributed by atoms with Gasteiger partial charge >= 0.3 is 0 Å². The number of halogens is 1. The van der Waals surface area contributed by atoms with Crippen molar-refractivity contribution in [1.82, 2.24) is 5.32 Å². The molecule has 1 rings (SSSR count). The van der Waals surface area contributed by atoms with Gasteiger partial charge in [0.2, 0.25) is 0 Å². The second kappa shape index (κ2) is 6.43. The average molecular weight is 363 g/mol. The van der Waals surface area contributed by atoms with Gasteiger partial charge in [-0.05, 0) is 47.2 Å². The van der Waals surface area contributed by atoms with Crippen molar-refractivity contribution in [1.29, 1.82) is 0 Å². The van der Waals surface area contributed by atoms with Crippen LogP contribution in [0.2, 0.25) is 0 Å².